The van der Waals surface area contributed by atoms with E-state index in [2.05, 4.69) is 10.6 Å². The van der Waals surface area contributed by atoms with Gasteiger partial charge in [0.15, 0.2) is 0 Å². The van der Waals surface area contributed by atoms with Gasteiger partial charge in [0.25, 0.3) is 5.91 Å². The Balaban J connectivity index is 1.65. The van der Waals surface area contributed by atoms with Crippen molar-refractivity contribution in [3.05, 3.63) is 60.2 Å². The van der Waals surface area contributed by atoms with Crippen LogP contribution in [-0.2, 0) is 9.47 Å². The Morgan fingerprint density at radius 3 is 2.61 bits per heavy atom. The molecule has 1 saturated heterocycles. The van der Waals surface area contributed by atoms with Crippen LogP contribution in [0.2, 0.25) is 0 Å². The molecule has 0 aromatic heterocycles. The SMILES string of the molecule is O=C(NCC1COCCO1)c1ccccc1Nc1ccccc1. The van der Waals surface area contributed by atoms with Crippen molar-refractivity contribution in [1.29, 1.82) is 0 Å². The molecule has 1 unspecified atom stereocenters. The highest BCUT2D eigenvalue weighted by Crippen LogP contribution is 2.20. The summed E-state index contributed by atoms with van der Waals surface area (Å²) >= 11 is 0. The van der Waals surface area contributed by atoms with E-state index >= 15 is 0 Å². The molecule has 1 heterocycles. The summed E-state index contributed by atoms with van der Waals surface area (Å²) in [6.07, 6.45) is -0.0815. The standard InChI is InChI=1S/C18H20N2O3/c21-18(19-12-15-13-22-10-11-23-15)16-8-4-5-9-17(16)20-14-6-2-1-3-7-14/h1-9,15,20H,10-13H2,(H,19,21). The van der Waals surface area contributed by atoms with Crippen molar-refractivity contribution in [2.24, 2.45) is 0 Å². The minimum Gasteiger partial charge on any atom is -0.376 e. The molecule has 0 spiro atoms. The van der Waals surface area contributed by atoms with Gasteiger partial charge in [0.1, 0.15) is 0 Å². The molecule has 1 atom stereocenters. The third-order valence-corrected chi connectivity index (χ3v) is 3.60. The number of anilines is 2. The van der Waals surface area contributed by atoms with Crippen LogP contribution in [0.1, 0.15) is 10.4 Å². The van der Waals surface area contributed by atoms with Gasteiger partial charge >= 0.3 is 0 Å². The molecule has 1 fully saturated rings. The molecule has 0 saturated carbocycles. The summed E-state index contributed by atoms with van der Waals surface area (Å²) in [6.45, 7) is 2.16. The van der Waals surface area contributed by atoms with E-state index in [1.54, 1.807) is 6.07 Å². The van der Waals surface area contributed by atoms with Crippen LogP contribution in [0.4, 0.5) is 11.4 Å². The van der Waals surface area contributed by atoms with Gasteiger partial charge in [-0.05, 0) is 24.3 Å². The monoisotopic (exact) mass is 312 g/mol. The molecular weight excluding hydrogens is 292 g/mol. The Labute approximate surface area is 135 Å². The van der Waals surface area contributed by atoms with Gasteiger partial charge in [-0.15, -0.1) is 0 Å². The lowest BCUT2D eigenvalue weighted by atomic mass is 10.1. The predicted octanol–water partition coefficient (Wildman–Crippen LogP) is 2.58. The van der Waals surface area contributed by atoms with Crippen molar-refractivity contribution in [2.75, 3.05) is 31.7 Å². The highest BCUT2D eigenvalue weighted by Gasteiger charge is 2.17. The molecule has 2 N–H and O–H groups in total. The van der Waals surface area contributed by atoms with E-state index in [9.17, 15) is 4.79 Å². The average molecular weight is 312 g/mol. The van der Waals surface area contributed by atoms with Gasteiger partial charge in [-0.2, -0.15) is 0 Å². The van der Waals surface area contributed by atoms with E-state index in [1.807, 2.05) is 48.5 Å². The summed E-state index contributed by atoms with van der Waals surface area (Å²) in [5.41, 5.74) is 2.32. The quantitative estimate of drug-likeness (QED) is 0.891. The molecule has 5 heteroatoms. The first kappa shape index (κ1) is 15.5. The Bertz CT molecular complexity index is 640. The first-order valence-electron chi connectivity index (χ1n) is 7.71. The number of hydrogen-bond acceptors (Lipinski definition) is 4. The number of carbonyl (C=O) groups is 1. The van der Waals surface area contributed by atoms with Crippen molar-refractivity contribution in [1.82, 2.24) is 5.32 Å². The molecule has 0 aliphatic carbocycles. The van der Waals surface area contributed by atoms with Crippen molar-refractivity contribution in [3.63, 3.8) is 0 Å². The summed E-state index contributed by atoms with van der Waals surface area (Å²) in [6, 6.07) is 17.2. The normalized spacial score (nSPS) is 17.5. The van der Waals surface area contributed by atoms with Crippen LogP contribution in [0.3, 0.4) is 0 Å². The molecule has 2 aromatic carbocycles. The van der Waals surface area contributed by atoms with Crippen molar-refractivity contribution in [3.8, 4) is 0 Å². The zero-order valence-electron chi connectivity index (χ0n) is 12.8. The van der Waals surface area contributed by atoms with Crippen LogP contribution >= 0.6 is 0 Å². The number of amides is 1. The molecule has 1 aliphatic rings. The molecule has 3 rings (SSSR count). The molecule has 0 bridgehead atoms. The van der Waals surface area contributed by atoms with Crippen LogP contribution in [0, 0.1) is 0 Å². The number of hydrogen-bond donors (Lipinski definition) is 2. The Morgan fingerprint density at radius 1 is 1.04 bits per heavy atom. The number of benzene rings is 2. The molecule has 120 valence electrons. The molecule has 23 heavy (non-hydrogen) atoms. The first-order valence-corrected chi connectivity index (χ1v) is 7.71. The first-order chi connectivity index (χ1) is 11.3. The Kier molecular flexibility index (Phi) is 5.24. The van der Waals surface area contributed by atoms with Crippen LogP contribution in [-0.4, -0.2) is 38.4 Å². The largest absolute Gasteiger partial charge is 0.376 e. The zero-order valence-corrected chi connectivity index (χ0v) is 12.8. The zero-order chi connectivity index (χ0) is 15.9. The van der Waals surface area contributed by atoms with Crippen LogP contribution in [0.15, 0.2) is 54.6 Å². The Morgan fingerprint density at radius 2 is 1.83 bits per heavy atom. The van der Waals surface area contributed by atoms with E-state index < -0.39 is 0 Å². The van der Waals surface area contributed by atoms with Crippen LogP contribution in [0.25, 0.3) is 0 Å². The van der Waals surface area contributed by atoms with E-state index in [4.69, 9.17) is 9.47 Å². The smallest absolute Gasteiger partial charge is 0.253 e. The van der Waals surface area contributed by atoms with Gasteiger partial charge in [-0.3, -0.25) is 4.79 Å². The van der Waals surface area contributed by atoms with E-state index in [0.717, 1.165) is 11.4 Å². The van der Waals surface area contributed by atoms with Crippen molar-refractivity contribution >= 4 is 17.3 Å². The predicted molar refractivity (Wildman–Crippen MR) is 89.1 cm³/mol. The second-order valence-corrected chi connectivity index (χ2v) is 5.31. The number of rotatable bonds is 5. The summed E-state index contributed by atoms with van der Waals surface area (Å²) in [4.78, 5) is 12.5. The Hall–Kier alpha value is -2.37. The van der Waals surface area contributed by atoms with Crippen LogP contribution < -0.4 is 10.6 Å². The van der Waals surface area contributed by atoms with E-state index in [1.165, 1.54) is 0 Å². The number of para-hydroxylation sites is 2. The highest BCUT2D eigenvalue weighted by atomic mass is 16.6. The summed E-state index contributed by atoms with van der Waals surface area (Å²) < 4.78 is 10.9. The van der Waals surface area contributed by atoms with Crippen molar-refractivity contribution in [2.45, 2.75) is 6.10 Å². The molecule has 1 aliphatic heterocycles. The van der Waals surface area contributed by atoms with Gasteiger partial charge < -0.3 is 20.1 Å². The van der Waals surface area contributed by atoms with E-state index in [0.29, 0.717) is 31.9 Å². The minimum absolute atomic E-state index is 0.0815. The number of ether oxygens (including phenoxy) is 2. The summed E-state index contributed by atoms with van der Waals surface area (Å²) in [7, 11) is 0. The average Bonchev–Trinajstić information content (AvgIpc) is 2.62. The van der Waals surface area contributed by atoms with Gasteiger partial charge in [-0.1, -0.05) is 30.3 Å². The van der Waals surface area contributed by atoms with Gasteiger partial charge in [0.2, 0.25) is 0 Å². The van der Waals surface area contributed by atoms with E-state index in [-0.39, 0.29) is 12.0 Å². The number of nitrogens with one attached hydrogen (secondary N) is 2. The fourth-order valence-electron chi connectivity index (χ4n) is 2.42. The highest BCUT2D eigenvalue weighted by molar-refractivity contribution is 6.00. The maximum absolute atomic E-state index is 12.5. The fraction of sp³-hybridized carbons (Fsp3) is 0.278. The lowest BCUT2D eigenvalue weighted by molar-refractivity contribution is -0.0855. The summed E-state index contributed by atoms with van der Waals surface area (Å²) in [5.74, 6) is -0.127. The number of carbonyl (C=O) groups excluding carboxylic acids is 1. The lowest BCUT2D eigenvalue weighted by Gasteiger charge is -2.23. The fourth-order valence-corrected chi connectivity index (χ4v) is 2.42. The second-order valence-electron chi connectivity index (χ2n) is 5.31. The maximum Gasteiger partial charge on any atom is 0.253 e. The molecular formula is C18H20N2O3. The molecule has 1 amide bonds. The molecule has 2 aromatic rings. The topological polar surface area (TPSA) is 59.6 Å². The summed E-state index contributed by atoms with van der Waals surface area (Å²) in [5, 5.41) is 6.19. The molecule has 0 radical (unpaired) electrons. The second kappa shape index (κ2) is 7.76. The van der Waals surface area contributed by atoms with Crippen molar-refractivity contribution < 1.29 is 14.3 Å². The third kappa shape index (κ3) is 4.31. The van der Waals surface area contributed by atoms with Gasteiger partial charge in [0.05, 0.1) is 37.2 Å². The lowest BCUT2D eigenvalue weighted by Crippen LogP contribution is -2.39. The van der Waals surface area contributed by atoms with Gasteiger partial charge in [-0.25, -0.2) is 0 Å². The minimum atomic E-state index is -0.127. The molecule has 5 nitrogen and oxygen atoms in total. The third-order valence-electron chi connectivity index (χ3n) is 3.60. The maximum atomic E-state index is 12.5. The van der Waals surface area contributed by atoms with Gasteiger partial charge in [0, 0.05) is 12.2 Å². The van der Waals surface area contributed by atoms with Crippen LogP contribution in [0.5, 0.6) is 0 Å².